The molecule has 1 aliphatic heterocycles. The minimum atomic E-state index is -0.478. The summed E-state index contributed by atoms with van der Waals surface area (Å²) in [5.74, 6) is 0.654. The third-order valence-corrected chi connectivity index (χ3v) is 3.08. The largest absolute Gasteiger partial charge is 0.472 e. The smallest absolute Gasteiger partial charge is 0.136 e. The van der Waals surface area contributed by atoms with Crippen molar-refractivity contribution in [1.82, 2.24) is 0 Å². The van der Waals surface area contributed by atoms with Crippen molar-refractivity contribution in [3.63, 3.8) is 0 Å². The maximum atomic E-state index is 11.9. The van der Waals surface area contributed by atoms with E-state index < -0.39 is 5.60 Å². The van der Waals surface area contributed by atoms with Crippen molar-refractivity contribution in [1.29, 1.82) is 0 Å². The number of ketones is 1. The lowest BCUT2D eigenvalue weighted by Crippen LogP contribution is -2.27. The van der Waals surface area contributed by atoms with E-state index >= 15 is 0 Å². The van der Waals surface area contributed by atoms with Crippen LogP contribution < -0.4 is 0 Å². The highest BCUT2D eigenvalue weighted by atomic mass is 16.5. The van der Waals surface area contributed by atoms with Gasteiger partial charge in [-0.25, -0.2) is 0 Å². The zero-order valence-electron chi connectivity index (χ0n) is 11.2. The first-order valence-corrected chi connectivity index (χ1v) is 6.39. The molecule has 1 aliphatic rings. The first kappa shape index (κ1) is 13.1. The highest BCUT2D eigenvalue weighted by Crippen LogP contribution is 2.35. The van der Waals surface area contributed by atoms with Gasteiger partial charge in [0.2, 0.25) is 0 Å². The van der Waals surface area contributed by atoms with Gasteiger partial charge < -0.3 is 9.15 Å². The molecule has 0 aliphatic carbocycles. The number of carbonyl (C=O) groups is 1. The Morgan fingerprint density at radius 2 is 2.28 bits per heavy atom. The molecule has 0 fully saturated rings. The minimum Gasteiger partial charge on any atom is -0.472 e. The Kier molecular flexibility index (Phi) is 3.71. The average Bonchev–Trinajstić information content (AvgIpc) is 2.84. The van der Waals surface area contributed by atoms with Crippen molar-refractivity contribution in [2.45, 2.75) is 45.3 Å². The quantitative estimate of drug-likeness (QED) is 0.746. The van der Waals surface area contributed by atoms with E-state index in [0.717, 1.165) is 5.56 Å². The summed E-state index contributed by atoms with van der Waals surface area (Å²) in [4.78, 5) is 11.9. The van der Waals surface area contributed by atoms with Crippen LogP contribution in [0.3, 0.4) is 0 Å². The predicted octanol–water partition coefficient (Wildman–Crippen LogP) is 3.67. The molecule has 0 radical (unpaired) electrons. The van der Waals surface area contributed by atoms with E-state index in [0.29, 0.717) is 18.8 Å². The van der Waals surface area contributed by atoms with E-state index in [4.69, 9.17) is 9.15 Å². The van der Waals surface area contributed by atoms with E-state index in [9.17, 15) is 4.79 Å². The number of ether oxygens (including phenoxy) is 1. The lowest BCUT2D eigenvalue weighted by atomic mass is 9.95. The molecule has 2 atom stereocenters. The number of rotatable bonds is 5. The molecule has 18 heavy (non-hydrogen) atoms. The lowest BCUT2D eigenvalue weighted by molar-refractivity contribution is -0.125. The molecule has 98 valence electrons. The van der Waals surface area contributed by atoms with Crippen LogP contribution >= 0.6 is 0 Å². The van der Waals surface area contributed by atoms with E-state index in [1.54, 1.807) is 12.5 Å². The van der Waals surface area contributed by atoms with Gasteiger partial charge in [-0.15, -0.1) is 0 Å². The van der Waals surface area contributed by atoms with Gasteiger partial charge in [-0.1, -0.05) is 26.0 Å². The fraction of sp³-hybridized carbons (Fsp3) is 0.533. The summed E-state index contributed by atoms with van der Waals surface area (Å²) in [5.41, 5.74) is 0.514. The molecule has 1 unspecified atom stereocenters. The summed E-state index contributed by atoms with van der Waals surface area (Å²) in [6.45, 7) is 6.07. The van der Waals surface area contributed by atoms with Crippen molar-refractivity contribution in [2.75, 3.05) is 0 Å². The van der Waals surface area contributed by atoms with Crippen molar-refractivity contribution in [3.8, 4) is 0 Å². The molecule has 0 N–H and O–H groups in total. The average molecular weight is 248 g/mol. The van der Waals surface area contributed by atoms with E-state index in [-0.39, 0.29) is 11.9 Å². The van der Waals surface area contributed by atoms with Crippen molar-refractivity contribution in [3.05, 3.63) is 36.3 Å². The summed E-state index contributed by atoms with van der Waals surface area (Å²) in [7, 11) is 0. The van der Waals surface area contributed by atoms with Crippen LogP contribution in [0.25, 0.3) is 0 Å². The molecule has 0 saturated carbocycles. The summed E-state index contributed by atoms with van der Waals surface area (Å²) in [6, 6.07) is 1.89. The van der Waals surface area contributed by atoms with Crippen LogP contribution in [0.15, 0.2) is 35.2 Å². The van der Waals surface area contributed by atoms with Crippen LogP contribution in [-0.2, 0) is 9.53 Å². The van der Waals surface area contributed by atoms with E-state index in [1.807, 2.05) is 25.1 Å². The number of hydrogen-bond acceptors (Lipinski definition) is 3. The highest BCUT2D eigenvalue weighted by molar-refractivity contribution is 5.80. The molecule has 3 nitrogen and oxygen atoms in total. The molecule has 0 saturated heterocycles. The van der Waals surface area contributed by atoms with Crippen LogP contribution in [0.1, 0.15) is 45.3 Å². The molecule has 0 bridgehead atoms. The topological polar surface area (TPSA) is 39.4 Å². The van der Waals surface area contributed by atoms with Gasteiger partial charge in [0.25, 0.3) is 0 Å². The third-order valence-electron chi connectivity index (χ3n) is 3.08. The summed E-state index contributed by atoms with van der Waals surface area (Å²) < 4.78 is 11.0. The SMILES string of the molecule is CC(C)CC(=O)C[C@@]1(C)C=CC(c2ccoc2)O1. The highest BCUT2D eigenvalue weighted by Gasteiger charge is 2.33. The minimum absolute atomic E-state index is 0.0967. The lowest BCUT2D eigenvalue weighted by Gasteiger charge is -2.24. The molecule has 0 aromatic carbocycles. The summed E-state index contributed by atoms with van der Waals surface area (Å²) in [5, 5.41) is 0. The molecular formula is C15H20O3. The van der Waals surface area contributed by atoms with Gasteiger partial charge in [0.15, 0.2) is 0 Å². The molecule has 2 rings (SSSR count). The summed E-state index contributed by atoms with van der Waals surface area (Å²) >= 11 is 0. The van der Waals surface area contributed by atoms with Crippen molar-refractivity contribution in [2.24, 2.45) is 5.92 Å². The summed E-state index contributed by atoms with van der Waals surface area (Å²) in [6.07, 6.45) is 8.25. The molecule has 3 heteroatoms. The molecular weight excluding hydrogens is 228 g/mol. The van der Waals surface area contributed by atoms with Gasteiger partial charge in [-0.2, -0.15) is 0 Å². The zero-order valence-corrected chi connectivity index (χ0v) is 11.2. The van der Waals surface area contributed by atoms with Gasteiger partial charge in [0.05, 0.1) is 18.1 Å². The van der Waals surface area contributed by atoms with Crippen LogP contribution in [0.2, 0.25) is 0 Å². The molecule has 0 spiro atoms. The number of furan rings is 1. The second kappa shape index (κ2) is 5.11. The maximum Gasteiger partial charge on any atom is 0.136 e. The van der Waals surface area contributed by atoms with Crippen LogP contribution in [-0.4, -0.2) is 11.4 Å². The Labute approximate surface area is 108 Å². The Balaban J connectivity index is 1.95. The predicted molar refractivity (Wildman–Crippen MR) is 69.2 cm³/mol. The first-order chi connectivity index (χ1) is 8.48. The number of Topliss-reactive ketones (excluding diaryl/α,β-unsaturated/α-hetero) is 1. The molecule has 2 heterocycles. The molecule has 0 amide bonds. The van der Waals surface area contributed by atoms with Crippen LogP contribution in [0, 0.1) is 5.92 Å². The van der Waals surface area contributed by atoms with Gasteiger partial charge >= 0.3 is 0 Å². The molecule has 1 aromatic heterocycles. The van der Waals surface area contributed by atoms with Gasteiger partial charge in [-0.3, -0.25) is 4.79 Å². The van der Waals surface area contributed by atoms with Gasteiger partial charge in [-0.05, 0) is 18.9 Å². The van der Waals surface area contributed by atoms with E-state index in [1.165, 1.54) is 0 Å². The second-order valence-corrected chi connectivity index (χ2v) is 5.58. The Morgan fingerprint density at radius 3 is 2.89 bits per heavy atom. The van der Waals surface area contributed by atoms with Gasteiger partial charge in [0.1, 0.15) is 11.9 Å². The zero-order chi connectivity index (χ0) is 13.2. The number of carbonyl (C=O) groups excluding carboxylic acids is 1. The number of hydrogen-bond donors (Lipinski definition) is 0. The first-order valence-electron chi connectivity index (χ1n) is 6.39. The Morgan fingerprint density at radius 1 is 1.50 bits per heavy atom. The van der Waals surface area contributed by atoms with Gasteiger partial charge in [0, 0.05) is 18.4 Å². The maximum absolute atomic E-state index is 11.9. The van der Waals surface area contributed by atoms with E-state index in [2.05, 4.69) is 13.8 Å². The second-order valence-electron chi connectivity index (χ2n) is 5.58. The Hall–Kier alpha value is -1.35. The third kappa shape index (κ3) is 3.10. The normalized spacial score (nSPS) is 27.0. The molecule has 1 aromatic rings. The van der Waals surface area contributed by atoms with Crippen LogP contribution in [0.5, 0.6) is 0 Å². The Bertz CT molecular complexity index is 431. The fourth-order valence-corrected chi connectivity index (χ4v) is 2.30. The van der Waals surface area contributed by atoms with Crippen molar-refractivity contribution >= 4 is 5.78 Å². The fourth-order valence-electron chi connectivity index (χ4n) is 2.30. The monoisotopic (exact) mass is 248 g/mol. The standard InChI is InChI=1S/C15H20O3/c1-11(2)8-13(16)9-15(3)6-4-14(18-15)12-5-7-17-10-12/h4-7,10-11,14H,8-9H2,1-3H3/t14?,15-/m1/s1. The van der Waals surface area contributed by atoms with Crippen molar-refractivity contribution < 1.29 is 13.9 Å². The van der Waals surface area contributed by atoms with Crippen LogP contribution in [0.4, 0.5) is 0 Å².